The van der Waals surface area contributed by atoms with Crippen LogP contribution in [0.4, 0.5) is 21.7 Å². The molecule has 3 heterocycles. The zero-order valence-electron chi connectivity index (χ0n) is 15.4. The lowest BCUT2D eigenvalue weighted by molar-refractivity contribution is 0.313. The third-order valence-electron chi connectivity index (χ3n) is 4.68. The van der Waals surface area contributed by atoms with Crippen molar-refractivity contribution in [1.82, 2.24) is 24.4 Å². The molecule has 0 unspecified atom stereocenters. The van der Waals surface area contributed by atoms with E-state index in [-0.39, 0.29) is 11.5 Å². The van der Waals surface area contributed by atoms with Gasteiger partial charge in [0.25, 0.3) is 0 Å². The quantitative estimate of drug-likeness (QED) is 0.745. The molecule has 1 N–H and O–H groups in total. The van der Waals surface area contributed by atoms with E-state index in [1.54, 1.807) is 22.9 Å². The van der Waals surface area contributed by atoms with Gasteiger partial charge in [-0.05, 0) is 25.2 Å². The Hall–Kier alpha value is -3.51. The molecule has 4 rings (SSSR count). The van der Waals surface area contributed by atoms with E-state index < -0.39 is 0 Å². The summed E-state index contributed by atoms with van der Waals surface area (Å²) >= 11 is 0. The average molecular weight is 378 g/mol. The Morgan fingerprint density at radius 2 is 1.89 bits per heavy atom. The van der Waals surface area contributed by atoms with Crippen LogP contribution in [0.2, 0.25) is 0 Å². The van der Waals surface area contributed by atoms with Crippen molar-refractivity contribution in [3.8, 4) is 11.8 Å². The van der Waals surface area contributed by atoms with E-state index in [1.807, 2.05) is 12.1 Å². The molecule has 1 aliphatic heterocycles. The maximum absolute atomic E-state index is 14.7. The molecule has 142 valence electrons. The number of likely N-dealkylation sites (N-methyl/N-ethyl adjacent to an activating group) is 1. The van der Waals surface area contributed by atoms with E-state index >= 15 is 0 Å². The largest absolute Gasteiger partial charge is 0.369 e. The van der Waals surface area contributed by atoms with Crippen molar-refractivity contribution in [3.63, 3.8) is 0 Å². The molecule has 1 aliphatic rings. The highest BCUT2D eigenvalue weighted by Gasteiger charge is 2.16. The molecule has 1 aromatic carbocycles. The van der Waals surface area contributed by atoms with Gasteiger partial charge in [0.2, 0.25) is 0 Å². The van der Waals surface area contributed by atoms with Crippen LogP contribution in [0.1, 0.15) is 5.69 Å². The van der Waals surface area contributed by atoms with Gasteiger partial charge >= 0.3 is 0 Å². The minimum Gasteiger partial charge on any atom is -0.369 e. The molecule has 0 amide bonds. The van der Waals surface area contributed by atoms with Crippen LogP contribution < -0.4 is 10.2 Å². The molecule has 2 aromatic heterocycles. The maximum Gasteiger partial charge on any atom is 0.158 e. The van der Waals surface area contributed by atoms with E-state index in [2.05, 4.69) is 37.1 Å². The van der Waals surface area contributed by atoms with E-state index in [4.69, 9.17) is 5.26 Å². The Bertz CT molecular complexity index is 1000. The Morgan fingerprint density at radius 1 is 1.07 bits per heavy atom. The lowest BCUT2D eigenvalue weighted by Gasteiger charge is -2.34. The molecular weight excluding hydrogens is 359 g/mol. The van der Waals surface area contributed by atoms with Gasteiger partial charge in [0.15, 0.2) is 5.69 Å². The summed E-state index contributed by atoms with van der Waals surface area (Å²) in [7, 11) is 2.09. The Kier molecular flexibility index (Phi) is 4.87. The Labute approximate surface area is 161 Å². The molecule has 3 aromatic rings. The molecule has 0 spiro atoms. The average Bonchev–Trinajstić information content (AvgIpc) is 3.17. The van der Waals surface area contributed by atoms with Crippen molar-refractivity contribution in [2.24, 2.45) is 0 Å². The monoisotopic (exact) mass is 378 g/mol. The lowest BCUT2D eigenvalue weighted by atomic mass is 10.2. The predicted molar refractivity (Wildman–Crippen MR) is 103 cm³/mol. The topological polar surface area (TPSA) is 85.9 Å². The number of nitrogens with one attached hydrogen (secondary N) is 1. The van der Waals surface area contributed by atoms with Crippen molar-refractivity contribution >= 4 is 17.3 Å². The predicted octanol–water partition coefficient (Wildman–Crippen LogP) is 2.17. The van der Waals surface area contributed by atoms with Crippen LogP contribution in [0.3, 0.4) is 0 Å². The van der Waals surface area contributed by atoms with Crippen molar-refractivity contribution in [1.29, 1.82) is 5.26 Å². The normalized spacial score (nSPS) is 14.7. The summed E-state index contributed by atoms with van der Waals surface area (Å²) in [6.07, 6.45) is 6.03. The van der Waals surface area contributed by atoms with Gasteiger partial charge in [0, 0.05) is 31.9 Å². The molecule has 1 fully saturated rings. The summed E-state index contributed by atoms with van der Waals surface area (Å²) in [5.74, 6) is 0.648. The first-order valence-electron chi connectivity index (χ1n) is 8.89. The van der Waals surface area contributed by atoms with Gasteiger partial charge in [-0.3, -0.25) is 0 Å². The van der Waals surface area contributed by atoms with E-state index in [0.717, 1.165) is 31.9 Å². The number of nitrogens with zero attached hydrogens (tertiary/aromatic N) is 7. The fraction of sp³-hybridized carbons (Fsp3) is 0.263. The standard InChI is InChI=1S/C19H19FN8/c1-26-4-6-27(7-5-26)15-2-3-17(16(20)8-15)28-12-19(24-13-28)25-18-11-22-14(9-21)10-23-18/h2-3,8,10-13H,4-7H2,1H3,(H,23,25). The van der Waals surface area contributed by atoms with Crippen LogP contribution in [0, 0.1) is 17.1 Å². The second kappa shape index (κ2) is 7.62. The van der Waals surface area contributed by atoms with Gasteiger partial charge < -0.3 is 19.7 Å². The van der Waals surface area contributed by atoms with Crippen LogP contribution in [0.15, 0.2) is 43.1 Å². The van der Waals surface area contributed by atoms with Gasteiger partial charge in [0.1, 0.15) is 29.8 Å². The molecule has 0 atom stereocenters. The fourth-order valence-corrected chi connectivity index (χ4v) is 3.07. The van der Waals surface area contributed by atoms with Crippen LogP contribution >= 0.6 is 0 Å². The maximum atomic E-state index is 14.7. The van der Waals surface area contributed by atoms with Gasteiger partial charge in [-0.2, -0.15) is 5.26 Å². The molecule has 8 nitrogen and oxygen atoms in total. The SMILES string of the molecule is CN1CCN(c2ccc(-n3cnc(Nc4cnc(C#N)cn4)c3)c(F)c2)CC1. The molecule has 9 heteroatoms. The number of rotatable bonds is 4. The van der Waals surface area contributed by atoms with E-state index in [9.17, 15) is 4.39 Å². The summed E-state index contributed by atoms with van der Waals surface area (Å²) in [4.78, 5) is 16.7. The minimum absolute atomic E-state index is 0.235. The summed E-state index contributed by atoms with van der Waals surface area (Å²) < 4.78 is 16.3. The van der Waals surface area contributed by atoms with Crippen molar-refractivity contribution in [3.05, 3.63) is 54.6 Å². The number of aromatic nitrogens is 4. The molecule has 1 saturated heterocycles. The third kappa shape index (κ3) is 3.77. The van der Waals surface area contributed by atoms with Crippen molar-refractivity contribution in [2.45, 2.75) is 0 Å². The second-order valence-electron chi connectivity index (χ2n) is 6.62. The summed E-state index contributed by atoms with van der Waals surface area (Å²) in [5.41, 5.74) is 1.55. The zero-order valence-corrected chi connectivity index (χ0v) is 15.4. The first-order valence-corrected chi connectivity index (χ1v) is 8.89. The fourth-order valence-electron chi connectivity index (χ4n) is 3.07. The first kappa shape index (κ1) is 17.9. The molecule has 0 bridgehead atoms. The first-order chi connectivity index (χ1) is 13.6. The number of hydrogen-bond acceptors (Lipinski definition) is 7. The lowest BCUT2D eigenvalue weighted by Crippen LogP contribution is -2.44. The van der Waals surface area contributed by atoms with Gasteiger partial charge in [-0.1, -0.05) is 0 Å². The number of hydrogen-bond donors (Lipinski definition) is 1. The van der Waals surface area contributed by atoms with Crippen LogP contribution in [0.5, 0.6) is 0 Å². The number of piperazine rings is 1. The smallest absolute Gasteiger partial charge is 0.158 e. The summed E-state index contributed by atoms with van der Waals surface area (Å²) in [5, 5.41) is 11.7. The summed E-state index contributed by atoms with van der Waals surface area (Å²) in [6, 6.07) is 7.17. The van der Waals surface area contributed by atoms with Crippen molar-refractivity contribution < 1.29 is 4.39 Å². The molecule has 0 aliphatic carbocycles. The summed E-state index contributed by atoms with van der Waals surface area (Å²) in [6.45, 7) is 3.72. The Morgan fingerprint density at radius 3 is 2.57 bits per heavy atom. The highest BCUT2D eigenvalue weighted by molar-refractivity contribution is 5.54. The van der Waals surface area contributed by atoms with Crippen LogP contribution in [0.25, 0.3) is 5.69 Å². The van der Waals surface area contributed by atoms with Gasteiger partial charge in [-0.25, -0.2) is 19.3 Å². The van der Waals surface area contributed by atoms with E-state index in [1.165, 1.54) is 18.7 Å². The van der Waals surface area contributed by atoms with Crippen LogP contribution in [-0.2, 0) is 0 Å². The number of benzene rings is 1. The minimum atomic E-state index is -0.307. The van der Waals surface area contributed by atoms with Crippen molar-refractivity contribution in [2.75, 3.05) is 43.4 Å². The highest BCUT2D eigenvalue weighted by atomic mass is 19.1. The zero-order chi connectivity index (χ0) is 19.5. The van der Waals surface area contributed by atoms with Crippen LogP contribution in [-0.4, -0.2) is 57.6 Å². The van der Waals surface area contributed by atoms with E-state index in [0.29, 0.717) is 17.3 Å². The number of nitriles is 1. The number of halogens is 1. The molecular formula is C19H19FN8. The second-order valence-corrected chi connectivity index (χ2v) is 6.62. The van der Waals surface area contributed by atoms with Gasteiger partial charge in [0.05, 0.1) is 24.3 Å². The Balaban J connectivity index is 1.49. The third-order valence-corrected chi connectivity index (χ3v) is 4.68. The molecule has 0 radical (unpaired) electrons. The number of imidazole rings is 1. The highest BCUT2D eigenvalue weighted by Crippen LogP contribution is 2.23. The van der Waals surface area contributed by atoms with Gasteiger partial charge in [-0.15, -0.1) is 0 Å². The molecule has 0 saturated carbocycles. The molecule has 28 heavy (non-hydrogen) atoms. The number of anilines is 3.